The summed E-state index contributed by atoms with van der Waals surface area (Å²) in [5.74, 6) is 1.60. The molecule has 7 heteroatoms. The zero-order valence-electron chi connectivity index (χ0n) is 14.6. The molecule has 1 unspecified atom stereocenters. The molecule has 2 saturated heterocycles. The topological polar surface area (TPSA) is 77.3 Å². The fraction of sp³-hybridized carbons (Fsp3) is 0.421. The monoisotopic (exact) mass is 350 g/mol. The number of hydrogen-bond donors (Lipinski definition) is 1. The van der Waals surface area contributed by atoms with Crippen molar-refractivity contribution in [3.8, 4) is 6.07 Å². The number of anilines is 3. The number of aromatic nitrogens is 2. The molecule has 2 aliphatic heterocycles. The van der Waals surface area contributed by atoms with E-state index in [0.29, 0.717) is 5.95 Å². The van der Waals surface area contributed by atoms with Gasteiger partial charge in [-0.3, -0.25) is 0 Å². The van der Waals surface area contributed by atoms with Crippen molar-refractivity contribution in [3.05, 3.63) is 42.1 Å². The minimum Gasteiger partial charge on any atom is -0.378 e. The van der Waals surface area contributed by atoms with Crippen molar-refractivity contribution in [3.63, 3.8) is 0 Å². The molecule has 0 spiro atoms. The second kappa shape index (κ2) is 7.58. The summed E-state index contributed by atoms with van der Waals surface area (Å²) < 4.78 is 5.40. The van der Waals surface area contributed by atoms with E-state index in [0.717, 1.165) is 62.9 Å². The second-order valence-corrected chi connectivity index (χ2v) is 6.54. The SMILES string of the molecule is N#Cc1ccccc1N1CCC(Nc2nccc(N3CCOCC3)n2)C1. The first-order valence-corrected chi connectivity index (χ1v) is 9.00. The molecule has 26 heavy (non-hydrogen) atoms. The van der Waals surface area contributed by atoms with Crippen molar-refractivity contribution in [2.45, 2.75) is 12.5 Å². The fourth-order valence-electron chi connectivity index (χ4n) is 3.51. The zero-order chi connectivity index (χ0) is 17.8. The molecule has 3 heterocycles. The molecular weight excluding hydrogens is 328 g/mol. The molecule has 1 aromatic carbocycles. The van der Waals surface area contributed by atoms with Crippen LogP contribution in [0, 0.1) is 11.3 Å². The minimum atomic E-state index is 0.265. The molecular formula is C19H22N6O. The summed E-state index contributed by atoms with van der Waals surface area (Å²) in [7, 11) is 0. The maximum absolute atomic E-state index is 9.31. The molecule has 1 aromatic heterocycles. The Labute approximate surface area is 153 Å². The van der Waals surface area contributed by atoms with Crippen molar-refractivity contribution in [2.24, 2.45) is 0 Å². The Hall–Kier alpha value is -2.85. The number of para-hydroxylation sites is 1. The third kappa shape index (κ3) is 3.55. The minimum absolute atomic E-state index is 0.265. The summed E-state index contributed by atoms with van der Waals surface area (Å²) in [5, 5.41) is 12.8. The summed E-state index contributed by atoms with van der Waals surface area (Å²) >= 11 is 0. The van der Waals surface area contributed by atoms with Gasteiger partial charge in [-0.05, 0) is 24.6 Å². The van der Waals surface area contributed by atoms with E-state index in [1.807, 2.05) is 30.3 Å². The van der Waals surface area contributed by atoms with Crippen LogP contribution >= 0.6 is 0 Å². The number of ether oxygens (including phenoxy) is 1. The lowest BCUT2D eigenvalue weighted by atomic mass is 10.2. The molecule has 0 amide bonds. The highest BCUT2D eigenvalue weighted by atomic mass is 16.5. The summed E-state index contributed by atoms with van der Waals surface area (Å²) in [6.45, 7) is 4.95. The average Bonchev–Trinajstić information content (AvgIpc) is 3.17. The van der Waals surface area contributed by atoms with Crippen LogP contribution in [0.4, 0.5) is 17.5 Å². The summed E-state index contributed by atoms with van der Waals surface area (Å²) in [5.41, 5.74) is 1.72. The Morgan fingerprint density at radius 1 is 1.12 bits per heavy atom. The van der Waals surface area contributed by atoms with Crippen molar-refractivity contribution < 1.29 is 4.74 Å². The molecule has 7 nitrogen and oxygen atoms in total. The van der Waals surface area contributed by atoms with Gasteiger partial charge in [-0.1, -0.05) is 12.1 Å². The quantitative estimate of drug-likeness (QED) is 0.902. The van der Waals surface area contributed by atoms with Gasteiger partial charge in [0.2, 0.25) is 5.95 Å². The fourth-order valence-corrected chi connectivity index (χ4v) is 3.51. The van der Waals surface area contributed by atoms with Crippen LogP contribution in [0.5, 0.6) is 0 Å². The van der Waals surface area contributed by atoms with Crippen LogP contribution < -0.4 is 15.1 Å². The molecule has 0 aliphatic carbocycles. The summed E-state index contributed by atoms with van der Waals surface area (Å²) in [4.78, 5) is 13.5. The summed E-state index contributed by atoms with van der Waals surface area (Å²) in [6.07, 6.45) is 2.79. The van der Waals surface area contributed by atoms with Gasteiger partial charge in [-0.2, -0.15) is 10.2 Å². The first-order valence-electron chi connectivity index (χ1n) is 9.00. The molecule has 4 rings (SSSR count). The molecule has 0 bridgehead atoms. The van der Waals surface area contributed by atoms with Crippen LogP contribution in [0.3, 0.4) is 0 Å². The van der Waals surface area contributed by atoms with E-state index in [4.69, 9.17) is 4.74 Å². The molecule has 2 aliphatic rings. The van der Waals surface area contributed by atoms with Crippen molar-refractivity contribution in [1.29, 1.82) is 5.26 Å². The maximum atomic E-state index is 9.31. The Balaban J connectivity index is 1.42. The van der Waals surface area contributed by atoms with Gasteiger partial charge in [-0.25, -0.2) is 4.98 Å². The molecule has 1 atom stereocenters. The number of nitrogens with one attached hydrogen (secondary N) is 1. The Bertz CT molecular complexity index is 799. The predicted molar refractivity (Wildman–Crippen MR) is 100 cm³/mol. The van der Waals surface area contributed by atoms with Gasteiger partial charge < -0.3 is 19.9 Å². The van der Waals surface area contributed by atoms with Crippen molar-refractivity contribution >= 4 is 17.5 Å². The van der Waals surface area contributed by atoms with Crippen LogP contribution in [0.15, 0.2) is 36.5 Å². The highest BCUT2D eigenvalue weighted by Gasteiger charge is 2.25. The maximum Gasteiger partial charge on any atom is 0.224 e. The van der Waals surface area contributed by atoms with Crippen LogP contribution in [0.25, 0.3) is 0 Å². The number of benzene rings is 1. The van der Waals surface area contributed by atoms with Crippen LogP contribution in [-0.2, 0) is 4.74 Å². The van der Waals surface area contributed by atoms with E-state index >= 15 is 0 Å². The van der Waals surface area contributed by atoms with Gasteiger partial charge in [0.1, 0.15) is 11.9 Å². The van der Waals surface area contributed by atoms with Crippen LogP contribution in [0.1, 0.15) is 12.0 Å². The molecule has 2 fully saturated rings. The van der Waals surface area contributed by atoms with Crippen LogP contribution in [0.2, 0.25) is 0 Å². The molecule has 1 N–H and O–H groups in total. The molecule has 2 aromatic rings. The smallest absolute Gasteiger partial charge is 0.224 e. The van der Waals surface area contributed by atoms with Gasteiger partial charge in [0.05, 0.1) is 24.5 Å². The normalized spacial score (nSPS) is 20.0. The molecule has 134 valence electrons. The van der Waals surface area contributed by atoms with Crippen molar-refractivity contribution in [1.82, 2.24) is 9.97 Å². The average molecular weight is 350 g/mol. The lowest BCUT2D eigenvalue weighted by Crippen LogP contribution is -2.37. The second-order valence-electron chi connectivity index (χ2n) is 6.54. The van der Waals surface area contributed by atoms with E-state index in [1.165, 1.54) is 0 Å². The Morgan fingerprint density at radius 3 is 2.81 bits per heavy atom. The number of morpholine rings is 1. The Morgan fingerprint density at radius 2 is 1.96 bits per heavy atom. The Kier molecular flexibility index (Phi) is 4.84. The summed E-state index contributed by atoms with van der Waals surface area (Å²) in [6, 6.07) is 12.2. The number of nitrogens with zero attached hydrogens (tertiary/aromatic N) is 5. The number of rotatable bonds is 4. The van der Waals surface area contributed by atoms with Gasteiger partial charge in [-0.15, -0.1) is 0 Å². The lowest BCUT2D eigenvalue weighted by molar-refractivity contribution is 0.122. The third-order valence-electron chi connectivity index (χ3n) is 4.86. The number of hydrogen-bond acceptors (Lipinski definition) is 7. The van der Waals surface area contributed by atoms with E-state index in [9.17, 15) is 5.26 Å². The highest BCUT2D eigenvalue weighted by molar-refractivity contribution is 5.60. The zero-order valence-corrected chi connectivity index (χ0v) is 14.6. The predicted octanol–water partition coefficient (Wildman–Crippen LogP) is 1.88. The van der Waals surface area contributed by atoms with Gasteiger partial charge in [0, 0.05) is 38.4 Å². The van der Waals surface area contributed by atoms with E-state index in [2.05, 4.69) is 31.2 Å². The van der Waals surface area contributed by atoms with Gasteiger partial charge in [0.15, 0.2) is 0 Å². The molecule has 0 radical (unpaired) electrons. The highest BCUT2D eigenvalue weighted by Crippen LogP contribution is 2.25. The van der Waals surface area contributed by atoms with E-state index in [-0.39, 0.29) is 6.04 Å². The van der Waals surface area contributed by atoms with E-state index < -0.39 is 0 Å². The largest absolute Gasteiger partial charge is 0.378 e. The van der Waals surface area contributed by atoms with E-state index in [1.54, 1.807) is 6.20 Å². The number of nitriles is 1. The van der Waals surface area contributed by atoms with Crippen molar-refractivity contribution in [2.75, 3.05) is 54.5 Å². The third-order valence-corrected chi connectivity index (χ3v) is 4.86. The lowest BCUT2D eigenvalue weighted by Gasteiger charge is -2.28. The molecule has 0 saturated carbocycles. The standard InChI is InChI=1S/C19H22N6O/c20-13-15-3-1-2-4-17(15)25-8-6-16(14-25)22-19-21-7-5-18(23-19)24-9-11-26-12-10-24/h1-5,7,16H,6,8-12,14H2,(H,21,22,23). The van der Waals surface area contributed by atoms with Crippen LogP contribution in [-0.4, -0.2) is 55.4 Å². The first-order chi connectivity index (χ1) is 12.8. The van der Waals surface area contributed by atoms with Gasteiger partial charge in [0.25, 0.3) is 0 Å². The first kappa shape index (κ1) is 16.6. The van der Waals surface area contributed by atoms with Gasteiger partial charge >= 0.3 is 0 Å².